The van der Waals surface area contributed by atoms with Crippen molar-refractivity contribution in [1.82, 2.24) is 9.80 Å². The zero-order chi connectivity index (χ0) is 15.7. The topological polar surface area (TPSA) is 156 Å². The molecule has 0 aromatic carbocycles. The van der Waals surface area contributed by atoms with E-state index in [1.807, 2.05) is 0 Å². The van der Waals surface area contributed by atoms with Crippen molar-refractivity contribution in [1.29, 1.82) is 0 Å². The summed E-state index contributed by atoms with van der Waals surface area (Å²) in [6, 6.07) is 0. The summed E-state index contributed by atoms with van der Waals surface area (Å²) < 4.78 is 0. The average molecular weight is 425 g/mol. The van der Waals surface area contributed by atoms with Crippen LogP contribution in [0.15, 0.2) is 0 Å². The number of carboxylic acids is 4. The number of nitrogens with zero attached hydrogens (tertiary/aromatic N) is 2. The quantitative estimate of drug-likeness (QED) is 0.235. The van der Waals surface area contributed by atoms with E-state index in [2.05, 4.69) is 0 Å². The second-order valence-electron chi connectivity index (χ2n) is 4.00. The van der Waals surface area contributed by atoms with Gasteiger partial charge in [0.2, 0.25) is 0 Å². The summed E-state index contributed by atoms with van der Waals surface area (Å²) in [7, 11) is 0. The number of carboxylic acid groups (broad SMARTS) is 4. The summed E-state index contributed by atoms with van der Waals surface area (Å²) in [5.41, 5.74) is 0. The zero-order valence-electron chi connectivity index (χ0n) is 19.0. The van der Waals surface area contributed by atoms with Crippen molar-refractivity contribution in [3.05, 3.63) is 0 Å². The number of hydrogen-bond acceptors (Lipinski definition) is 6. The van der Waals surface area contributed by atoms with Gasteiger partial charge < -0.3 is 26.1 Å². The summed E-state index contributed by atoms with van der Waals surface area (Å²) in [5, 5.41) is 34.5. The van der Waals surface area contributed by atoms with E-state index in [4.69, 9.17) is 20.4 Å². The Morgan fingerprint density at radius 3 is 0.840 bits per heavy atom. The third-order valence-electron chi connectivity index (χ3n) is 2.17. The molecule has 0 aliphatic carbocycles. The van der Waals surface area contributed by atoms with Gasteiger partial charge in [-0.15, -0.1) is 12.4 Å². The molecule has 0 aromatic heterocycles. The van der Waals surface area contributed by atoms with Crippen LogP contribution in [0.25, 0.3) is 0 Å². The van der Waals surface area contributed by atoms with Crippen LogP contribution < -0.4 is 118 Å². The molecule has 0 fully saturated rings. The molecule has 0 amide bonds. The normalized spacial score (nSPS) is 8.56. The summed E-state index contributed by atoms with van der Waals surface area (Å²) in [6.07, 6.45) is 0. The van der Waals surface area contributed by atoms with Gasteiger partial charge in [0, 0.05) is 13.1 Å². The Morgan fingerprint density at radius 2 is 0.720 bits per heavy atom. The largest absolute Gasteiger partial charge is 1.00 e. The van der Waals surface area contributed by atoms with Crippen LogP contribution in [-0.4, -0.2) is 93.4 Å². The predicted octanol–water partition coefficient (Wildman–Crippen LogP) is -13.2. The van der Waals surface area contributed by atoms with Crippen molar-refractivity contribution in [2.45, 2.75) is 0 Å². The van der Waals surface area contributed by atoms with E-state index >= 15 is 0 Å². The van der Waals surface area contributed by atoms with Gasteiger partial charge in [0.15, 0.2) is 0 Å². The van der Waals surface area contributed by atoms with Crippen LogP contribution in [0.4, 0.5) is 0 Å². The monoisotopic (exact) mass is 424 g/mol. The van der Waals surface area contributed by atoms with Gasteiger partial charge in [-0.2, -0.15) is 0 Å². The first-order valence-electron chi connectivity index (χ1n) is 5.52. The molecule has 0 radical (unpaired) electrons. The molecule has 0 aliphatic rings. The smallest absolute Gasteiger partial charge is 1.00 e. The van der Waals surface area contributed by atoms with Crippen molar-refractivity contribution in [2.75, 3.05) is 39.3 Å². The van der Waals surface area contributed by atoms with Gasteiger partial charge >= 0.3 is 142 Å². The Labute approximate surface area is 245 Å². The Morgan fingerprint density at radius 1 is 0.560 bits per heavy atom. The van der Waals surface area contributed by atoms with Gasteiger partial charge in [-0.05, 0) is 0 Å². The summed E-state index contributed by atoms with van der Waals surface area (Å²) in [5.74, 6) is -4.91. The molecule has 0 heterocycles. The van der Waals surface area contributed by atoms with Crippen molar-refractivity contribution in [2.24, 2.45) is 0 Å². The molecule has 130 valence electrons. The summed E-state index contributed by atoms with van der Waals surface area (Å²) in [6.45, 7) is -2.25. The van der Waals surface area contributed by atoms with Crippen LogP contribution >= 0.6 is 12.4 Å². The number of aliphatic carboxylic acids is 4. The molecular formula is C10H21ClN2Na4O8. The Hall–Kier alpha value is 2.09. The van der Waals surface area contributed by atoms with E-state index in [1.165, 1.54) is 0 Å². The fourth-order valence-electron chi connectivity index (χ4n) is 1.48. The SMILES string of the molecule is Cl.O=C(O)CN(CCN(CC(=O)O)CC(=O)O)CC(=O)O.[H-].[H-].[H-].[H-].[Na+].[Na+].[Na+].[Na+]. The van der Waals surface area contributed by atoms with Gasteiger partial charge in [-0.25, -0.2) is 0 Å². The average Bonchev–Trinajstić information content (AvgIpc) is 2.22. The Kier molecular flexibility index (Phi) is 40.0. The molecule has 0 spiro atoms. The first-order valence-corrected chi connectivity index (χ1v) is 5.52. The molecule has 25 heavy (non-hydrogen) atoms. The molecule has 0 saturated heterocycles. The maximum absolute atomic E-state index is 10.6. The van der Waals surface area contributed by atoms with Crippen LogP contribution in [0.2, 0.25) is 0 Å². The van der Waals surface area contributed by atoms with Crippen LogP contribution in [0, 0.1) is 0 Å². The van der Waals surface area contributed by atoms with Gasteiger partial charge in [0.25, 0.3) is 0 Å². The van der Waals surface area contributed by atoms with Crippen molar-refractivity contribution < 1.29 is 164 Å². The van der Waals surface area contributed by atoms with Gasteiger partial charge in [-0.1, -0.05) is 0 Å². The molecule has 0 saturated carbocycles. The molecule has 15 heteroatoms. The van der Waals surface area contributed by atoms with Crippen molar-refractivity contribution >= 4 is 36.3 Å². The minimum absolute atomic E-state index is 0. The molecule has 0 unspecified atom stereocenters. The second kappa shape index (κ2) is 24.1. The Bertz CT molecular complexity index is 354. The molecule has 0 aromatic rings. The standard InChI is InChI=1S/C10H16N2O8.ClH.4Na.4H/c13-7(14)3-11(4-8(15)16)1-2-12(5-9(17)18)6-10(19)20;;;;;;;;;/h1-6H2,(H,13,14)(H,15,16)(H,17,18)(H,19,20);1H;;;;;;;;/q;;4*+1;4*-1. The first-order chi connectivity index (χ1) is 9.20. The van der Waals surface area contributed by atoms with Crippen LogP contribution in [0.1, 0.15) is 5.71 Å². The summed E-state index contributed by atoms with van der Waals surface area (Å²) in [4.78, 5) is 44.4. The number of rotatable bonds is 11. The van der Waals surface area contributed by atoms with Crippen molar-refractivity contribution in [3.8, 4) is 0 Å². The Balaban J connectivity index is -0.0000000501. The third kappa shape index (κ3) is 28.4. The van der Waals surface area contributed by atoms with E-state index < -0.39 is 50.1 Å². The van der Waals surface area contributed by atoms with E-state index in [1.54, 1.807) is 0 Å². The van der Waals surface area contributed by atoms with Gasteiger partial charge in [-0.3, -0.25) is 29.0 Å². The van der Waals surface area contributed by atoms with Crippen LogP contribution in [0.5, 0.6) is 0 Å². The van der Waals surface area contributed by atoms with Gasteiger partial charge in [0.05, 0.1) is 26.2 Å². The minimum Gasteiger partial charge on any atom is -1.00 e. The van der Waals surface area contributed by atoms with Gasteiger partial charge in [0.1, 0.15) is 0 Å². The van der Waals surface area contributed by atoms with E-state index in [0.29, 0.717) is 0 Å². The molecule has 10 nitrogen and oxygen atoms in total. The molecule has 0 rings (SSSR count). The van der Waals surface area contributed by atoms with Crippen LogP contribution in [0.3, 0.4) is 0 Å². The molecule has 0 bridgehead atoms. The van der Waals surface area contributed by atoms with E-state index in [9.17, 15) is 19.2 Å². The zero-order valence-corrected chi connectivity index (χ0v) is 23.8. The fraction of sp³-hybridized carbons (Fsp3) is 0.600. The number of carbonyl (C=O) groups is 4. The molecular weight excluding hydrogens is 404 g/mol. The van der Waals surface area contributed by atoms with Crippen LogP contribution in [-0.2, 0) is 19.2 Å². The maximum atomic E-state index is 10.6. The molecule has 0 aliphatic heterocycles. The van der Waals surface area contributed by atoms with E-state index in [0.717, 1.165) is 9.80 Å². The molecule has 4 N–H and O–H groups in total. The fourth-order valence-corrected chi connectivity index (χ4v) is 1.48. The number of hydrogen-bond donors (Lipinski definition) is 4. The predicted molar refractivity (Wildman–Crippen MR) is 75.1 cm³/mol. The first kappa shape index (κ1) is 41.5. The van der Waals surface area contributed by atoms with E-state index in [-0.39, 0.29) is 149 Å². The number of halogens is 1. The second-order valence-corrected chi connectivity index (χ2v) is 4.00. The van der Waals surface area contributed by atoms with Crippen molar-refractivity contribution in [3.63, 3.8) is 0 Å². The summed E-state index contributed by atoms with van der Waals surface area (Å²) >= 11 is 0. The minimum atomic E-state index is -1.23. The molecule has 0 atom stereocenters. The third-order valence-corrected chi connectivity index (χ3v) is 2.17. The maximum Gasteiger partial charge on any atom is 1.00 e.